The Labute approximate surface area is 102 Å². The second-order valence-electron chi connectivity index (χ2n) is 1.53. The van der Waals surface area contributed by atoms with E-state index in [1.54, 1.807) is 12.1 Å². The van der Waals surface area contributed by atoms with Gasteiger partial charge in [0.1, 0.15) is 6.29 Å². The van der Waals surface area contributed by atoms with Crippen molar-refractivity contribution < 1.29 is 61.7 Å². The van der Waals surface area contributed by atoms with Crippen LogP contribution in [0.3, 0.4) is 0 Å². The van der Waals surface area contributed by atoms with Crippen molar-refractivity contribution in [3.8, 4) is 0 Å². The van der Waals surface area contributed by atoms with E-state index in [9.17, 15) is 4.79 Å². The molecule has 2 nitrogen and oxygen atoms in total. The van der Waals surface area contributed by atoms with E-state index >= 15 is 0 Å². The molecule has 1 aromatic rings. The van der Waals surface area contributed by atoms with E-state index in [1.807, 2.05) is 18.2 Å². The molecule has 0 spiro atoms. The first-order valence-electron chi connectivity index (χ1n) is 2.44. The summed E-state index contributed by atoms with van der Waals surface area (Å²) in [6.45, 7) is 0. The summed E-state index contributed by atoms with van der Waals surface area (Å²) in [5, 5.41) is 0. The molecule has 0 unspecified atom stereocenters. The zero-order valence-electron chi connectivity index (χ0n) is 5.82. The molecule has 48 valence electrons. The van der Waals surface area contributed by atoms with Crippen molar-refractivity contribution in [1.82, 2.24) is 0 Å². The average molecular weight is 162 g/mol. The quantitative estimate of drug-likeness (QED) is 0.366. The normalized spacial score (nSPS) is 6.80. The van der Waals surface area contributed by atoms with Crippen molar-refractivity contribution in [2.75, 3.05) is 0 Å². The van der Waals surface area contributed by atoms with Crippen LogP contribution in [0.1, 0.15) is 10.4 Å². The van der Waals surface area contributed by atoms with Gasteiger partial charge in [-0.1, -0.05) is 30.3 Å². The third-order valence-electron chi connectivity index (χ3n) is 0.936. The summed E-state index contributed by atoms with van der Waals surface area (Å²) in [5.41, 5.74) is 0.729. The Hall–Kier alpha value is 0.486. The molecule has 0 fully saturated rings. The predicted octanol–water partition coefficient (Wildman–Crippen LogP) is -1.67. The molecule has 1 N–H and O–H groups in total. The van der Waals surface area contributed by atoms with Crippen LogP contribution >= 0.6 is 0 Å². The number of rotatable bonds is 1. The summed E-state index contributed by atoms with van der Waals surface area (Å²) < 4.78 is 0. The van der Waals surface area contributed by atoms with Crippen LogP contribution in [0.2, 0.25) is 0 Å². The maximum atomic E-state index is 10.0. The average Bonchev–Trinajstić information content (AvgIpc) is 1.90. The summed E-state index contributed by atoms with van der Waals surface area (Å²) in [4.78, 5) is 10.0. The van der Waals surface area contributed by atoms with E-state index in [0.29, 0.717) is 0 Å². The number of hydrogen-bond acceptors (Lipinski definition) is 2. The summed E-state index contributed by atoms with van der Waals surface area (Å²) in [6.07, 6.45) is 0.833. The Morgan fingerprint density at radius 1 is 1.10 bits per heavy atom. The van der Waals surface area contributed by atoms with Crippen LogP contribution in [0.15, 0.2) is 30.3 Å². The Kier molecular flexibility index (Phi) is 9.95. The summed E-state index contributed by atoms with van der Waals surface area (Å²) in [7, 11) is 0. The van der Waals surface area contributed by atoms with Gasteiger partial charge in [-0.3, -0.25) is 4.79 Å². The third-order valence-corrected chi connectivity index (χ3v) is 0.936. The molecule has 0 radical (unpaired) electrons. The van der Waals surface area contributed by atoms with Gasteiger partial charge >= 0.3 is 51.4 Å². The van der Waals surface area contributed by atoms with E-state index < -0.39 is 0 Å². The van der Waals surface area contributed by atoms with Crippen LogP contribution in [-0.4, -0.2) is 11.8 Å². The van der Waals surface area contributed by atoms with Gasteiger partial charge in [0.25, 0.3) is 0 Å². The van der Waals surface area contributed by atoms with Crippen molar-refractivity contribution in [3.63, 3.8) is 0 Å². The first-order valence-corrected chi connectivity index (χ1v) is 2.44. The SMILES string of the molecule is O=Cc1ccccc1.[K+].[OH-]. The summed E-state index contributed by atoms with van der Waals surface area (Å²) >= 11 is 0. The Morgan fingerprint density at radius 3 is 1.90 bits per heavy atom. The molecule has 0 amide bonds. The van der Waals surface area contributed by atoms with Gasteiger partial charge in [-0.25, -0.2) is 0 Å². The molecule has 3 heteroatoms. The largest absolute Gasteiger partial charge is 1.00 e. The fraction of sp³-hybridized carbons (Fsp3) is 0. The predicted molar refractivity (Wildman–Crippen MR) is 33.8 cm³/mol. The molecule has 0 saturated carbocycles. The number of carbonyl (C=O) groups is 1. The number of hydrogen-bond donors (Lipinski definition) is 0. The smallest absolute Gasteiger partial charge is 0.870 e. The van der Waals surface area contributed by atoms with Crippen molar-refractivity contribution in [2.45, 2.75) is 0 Å². The zero-order chi connectivity index (χ0) is 5.82. The van der Waals surface area contributed by atoms with Crippen LogP contribution in [0.4, 0.5) is 0 Å². The molecule has 0 aliphatic carbocycles. The van der Waals surface area contributed by atoms with Crippen molar-refractivity contribution >= 4 is 6.29 Å². The van der Waals surface area contributed by atoms with E-state index in [2.05, 4.69) is 0 Å². The minimum atomic E-state index is 0. The minimum absolute atomic E-state index is 0. The molecule has 0 aliphatic heterocycles. The molecule has 0 bridgehead atoms. The van der Waals surface area contributed by atoms with Crippen molar-refractivity contribution in [3.05, 3.63) is 35.9 Å². The van der Waals surface area contributed by atoms with Crippen molar-refractivity contribution in [2.24, 2.45) is 0 Å². The van der Waals surface area contributed by atoms with E-state index in [4.69, 9.17) is 0 Å². The maximum absolute atomic E-state index is 10.0. The first-order chi connectivity index (χ1) is 3.93. The molecule has 0 atom stereocenters. The fourth-order valence-corrected chi connectivity index (χ4v) is 0.532. The Morgan fingerprint density at radius 2 is 1.60 bits per heavy atom. The molecule has 1 rings (SSSR count). The second kappa shape index (κ2) is 7.59. The van der Waals surface area contributed by atoms with Gasteiger partial charge in [-0.05, 0) is 0 Å². The molecule has 10 heavy (non-hydrogen) atoms. The molecule has 0 saturated heterocycles. The number of benzene rings is 1. The molecular weight excluding hydrogens is 155 g/mol. The molecule has 0 aromatic heterocycles. The van der Waals surface area contributed by atoms with Crippen LogP contribution in [0.5, 0.6) is 0 Å². The van der Waals surface area contributed by atoms with Crippen LogP contribution < -0.4 is 51.4 Å². The zero-order valence-corrected chi connectivity index (χ0v) is 8.94. The van der Waals surface area contributed by atoms with Crippen LogP contribution in [0.25, 0.3) is 0 Å². The standard InChI is InChI=1S/C7H6O.K.H2O/c8-6-7-4-2-1-3-5-7;;/h1-6H;;1H2/q;+1;/p-1. The van der Waals surface area contributed by atoms with Crippen LogP contribution in [-0.2, 0) is 0 Å². The maximum Gasteiger partial charge on any atom is 1.00 e. The molecular formula is C7H7KO2. The van der Waals surface area contributed by atoms with E-state index in [1.165, 1.54) is 0 Å². The summed E-state index contributed by atoms with van der Waals surface area (Å²) in [6, 6.07) is 9.10. The Bertz CT molecular complexity index is 174. The number of aldehydes is 1. The van der Waals surface area contributed by atoms with Gasteiger partial charge in [0.2, 0.25) is 0 Å². The van der Waals surface area contributed by atoms with Crippen molar-refractivity contribution in [1.29, 1.82) is 0 Å². The van der Waals surface area contributed by atoms with Crippen LogP contribution in [0, 0.1) is 0 Å². The number of carbonyl (C=O) groups excluding carboxylic acids is 1. The molecule has 1 aromatic carbocycles. The van der Waals surface area contributed by atoms with Gasteiger partial charge in [-0.15, -0.1) is 0 Å². The molecule has 0 heterocycles. The van der Waals surface area contributed by atoms with Gasteiger partial charge in [-0.2, -0.15) is 0 Å². The molecule has 0 aliphatic rings. The van der Waals surface area contributed by atoms with Gasteiger partial charge in [0, 0.05) is 5.56 Å². The monoisotopic (exact) mass is 162 g/mol. The van der Waals surface area contributed by atoms with Gasteiger partial charge in [0.15, 0.2) is 0 Å². The Balaban J connectivity index is 0. The summed E-state index contributed by atoms with van der Waals surface area (Å²) in [5.74, 6) is 0. The van der Waals surface area contributed by atoms with Gasteiger partial charge < -0.3 is 5.48 Å². The topological polar surface area (TPSA) is 47.1 Å². The fourth-order valence-electron chi connectivity index (χ4n) is 0.532. The van der Waals surface area contributed by atoms with Gasteiger partial charge in [0.05, 0.1) is 0 Å². The van der Waals surface area contributed by atoms with E-state index in [0.717, 1.165) is 11.8 Å². The first kappa shape index (κ1) is 13.1. The minimum Gasteiger partial charge on any atom is -0.870 e. The van der Waals surface area contributed by atoms with E-state index in [-0.39, 0.29) is 56.9 Å². The third kappa shape index (κ3) is 4.33. The second-order valence-corrected chi connectivity index (χ2v) is 1.53.